The second-order valence-corrected chi connectivity index (χ2v) is 7.47. The number of benzene rings is 1. The Labute approximate surface area is 146 Å². The minimum atomic E-state index is 0.361. The summed E-state index contributed by atoms with van der Waals surface area (Å²) >= 11 is 0. The lowest BCUT2D eigenvalue weighted by atomic mass is 9.83. The summed E-state index contributed by atoms with van der Waals surface area (Å²) in [6.07, 6.45) is 10.2. The quantitative estimate of drug-likeness (QED) is 0.732. The number of aryl methyl sites for hydroxylation is 1. The molecule has 1 aromatic rings. The number of carbonyl (C=O) groups is 1. The summed E-state index contributed by atoms with van der Waals surface area (Å²) in [4.78, 5) is 15.2. The van der Waals surface area contributed by atoms with Crippen LogP contribution in [0.1, 0.15) is 63.9 Å². The first-order chi connectivity index (χ1) is 11.7. The van der Waals surface area contributed by atoms with E-state index < -0.39 is 0 Å². The Bertz CT molecular complexity index is 545. The molecule has 2 aliphatic carbocycles. The Kier molecular flexibility index (Phi) is 5.80. The van der Waals surface area contributed by atoms with E-state index >= 15 is 0 Å². The van der Waals surface area contributed by atoms with Gasteiger partial charge < -0.3 is 9.64 Å². The van der Waals surface area contributed by atoms with Crippen molar-refractivity contribution in [2.75, 3.05) is 7.11 Å². The summed E-state index contributed by atoms with van der Waals surface area (Å²) in [6.45, 7) is 2.29. The molecule has 3 nitrogen and oxygen atoms in total. The summed E-state index contributed by atoms with van der Waals surface area (Å²) in [6, 6.07) is 9.12. The first-order valence-corrected chi connectivity index (χ1v) is 9.65. The van der Waals surface area contributed by atoms with E-state index in [-0.39, 0.29) is 0 Å². The van der Waals surface area contributed by atoms with E-state index in [1.807, 2.05) is 18.2 Å². The summed E-state index contributed by atoms with van der Waals surface area (Å²) in [7, 11) is 1.69. The molecule has 0 atom stereocenters. The van der Waals surface area contributed by atoms with Gasteiger partial charge in [0, 0.05) is 18.5 Å². The topological polar surface area (TPSA) is 29.5 Å². The molecular weight excluding hydrogens is 298 g/mol. The van der Waals surface area contributed by atoms with Crippen LogP contribution in [-0.4, -0.2) is 30.0 Å². The molecule has 2 saturated carbocycles. The molecule has 1 aromatic carbocycles. The van der Waals surface area contributed by atoms with Gasteiger partial charge in [0.25, 0.3) is 0 Å². The minimum absolute atomic E-state index is 0.361. The van der Waals surface area contributed by atoms with Gasteiger partial charge in [-0.25, -0.2) is 0 Å². The molecule has 3 heteroatoms. The van der Waals surface area contributed by atoms with Crippen LogP contribution in [0.25, 0.3) is 0 Å². The van der Waals surface area contributed by atoms with Crippen LogP contribution in [0, 0.1) is 5.92 Å². The highest BCUT2D eigenvalue weighted by atomic mass is 16.5. The lowest BCUT2D eigenvalue weighted by Crippen LogP contribution is -2.44. The molecule has 2 fully saturated rings. The molecule has 0 unspecified atom stereocenters. The van der Waals surface area contributed by atoms with Crippen molar-refractivity contribution >= 4 is 5.91 Å². The third-order valence-corrected chi connectivity index (χ3v) is 5.78. The Morgan fingerprint density at radius 3 is 2.38 bits per heavy atom. The summed E-state index contributed by atoms with van der Waals surface area (Å²) in [5.74, 6) is 2.12. The van der Waals surface area contributed by atoms with Crippen molar-refractivity contribution in [1.82, 2.24) is 4.90 Å². The van der Waals surface area contributed by atoms with Crippen LogP contribution in [-0.2, 0) is 11.2 Å². The Morgan fingerprint density at radius 2 is 1.79 bits per heavy atom. The monoisotopic (exact) mass is 329 g/mol. The zero-order valence-electron chi connectivity index (χ0n) is 15.2. The van der Waals surface area contributed by atoms with Gasteiger partial charge in [-0.1, -0.05) is 25.5 Å². The van der Waals surface area contributed by atoms with E-state index in [2.05, 4.69) is 17.9 Å². The predicted molar refractivity (Wildman–Crippen MR) is 97.2 cm³/mol. The van der Waals surface area contributed by atoms with Crippen LogP contribution < -0.4 is 4.74 Å². The molecule has 2 aliphatic rings. The number of ether oxygens (including phenoxy) is 1. The van der Waals surface area contributed by atoms with E-state index in [9.17, 15) is 4.79 Å². The highest BCUT2D eigenvalue weighted by molar-refractivity contribution is 5.77. The highest BCUT2D eigenvalue weighted by Gasteiger charge is 2.38. The molecule has 3 rings (SSSR count). The average Bonchev–Trinajstić information content (AvgIpc) is 3.46. The maximum atomic E-state index is 12.9. The molecule has 1 amide bonds. The third-order valence-electron chi connectivity index (χ3n) is 5.78. The standard InChI is InChI=1S/C21H31NO2/c1-3-16-7-10-18(11-8-16)22(19-12-13-19)21(23)14-9-17-5-4-6-20(15-17)24-2/h4-6,15-16,18-19H,3,7-14H2,1-2H3. The van der Waals surface area contributed by atoms with Crippen molar-refractivity contribution in [1.29, 1.82) is 0 Å². The molecule has 24 heavy (non-hydrogen) atoms. The zero-order chi connectivity index (χ0) is 16.9. The maximum Gasteiger partial charge on any atom is 0.223 e. The fraction of sp³-hybridized carbons (Fsp3) is 0.667. The first-order valence-electron chi connectivity index (χ1n) is 9.65. The van der Waals surface area contributed by atoms with Gasteiger partial charge in [-0.2, -0.15) is 0 Å². The van der Waals surface area contributed by atoms with Crippen LogP contribution in [0.5, 0.6) is 5.75 Å². The highest BCUT2D eigenvalue weighted by Crippen LogP contribution is 2.36. The van der Waals surface area contributed by atoms with Gasteiger partial charge in [-0.05, 0) is 68.6 Å². The van der Waals surface area contributed by atoms with Crippen LogP contribution >= 0.6 is 0 Å². The molecular formula is C21H31NO2. The van der Waals surface area contributed by atoms with Gasteiger partial charge in [-0.3, -0.25) is 4.79 Å². The number of methoxy groups -OCH3 is 1. The number of hydrogen-bond acceptors (Lipinski definition) is 2. The van der Waals surface area contributed by atoms with E-state index in [1.54, 1.807) is 7.11 Å². The normalized spacial score (nSPS) is 23.8. The minimum Gasteiger partial charge on any atom is -0.497 e. The Hall–Kier alpha value is -1.51. The lowest BCUT2D eigenvalue weighted by molar-refractivity contribution is -0.135. The molecule has 0 bridgehead atoms. The van der Waals surface area contributed by atoms with Crippen LogP contribution in [0.3, 0.4) is 0 Å². The van der Waals surface area contributed by atoms with Crippen LogP contribution in [0.15, 0.2) is 24.3 Å². The molecule has 0 aliphatic heterocycles. The van der Waals surface area contributed by atoms with Crippen molar-refractivity contribution in [3.05, 3.63) is 29.8 Å². The first kappa shape index (κ1) is 17.3. The maximum absolute atomic E-state index is 12.9. The molecule has 0 heterocycles. The zero-order valence-corrected chi connectivity index (χ0v) is 15.2. The molecule has 0 saturated heterocycles. The predicted octanol–water partition coefficient (Wildman–Crippen LogP) is 4.59. The van der Waals surface area contributed by atoms with Gasteiger partial charge in [0.15, 0.2) is 0 Å². The number of carbonyl (C=O) groups excluding carboxylic acids is 1. The SMILES string of the molecule is CCC1CCC(N(C(=O)CCc2cccc(OC)c2)C2CC2)CC1. The van der Waals surface area contributed by atoms with Gasteiger partial charge in [0.05, 0.1) is 7.11 Å². The van der Waals surface area contributed by atoms with Gasteiger partial charge in [-0.15, -0.1) is 0 Å². The second-order valence-electron chi connectivity index (χ2n) is 7.47. The number of amides is 1. The van der Waals surface area contributed by atoms with E-state index in [1.165, 1.54) is 50.5 Å². The summed E-state index contributed by atoms with van der Waals surface area (Å²) < 4.78 is 5.28. The van der Waals surface area contributed by atoms with E-state index in [0.717, 1.165) is 18.1 Å². The van der Waals surface area contributed by atoms with Crippen molar-refractivity contribution in [2.45, 2.75) is 76.8 Å². The third kappa shape index (κ3) is 4.31. The Balaban J connectivity index is 1.56. The van der Waals surface area contributed by atoms with Crippen molar-refractivity contribution in [2.24, 2.45) is 5.92 Å². The second kappa shape index (κ2) is 8.04. The molecule has 0 spiro atoms. The smallest absolute Gasteiger partial charge is 0.223 e. The molecule has 0 N–H and O–H groups in total. The summed E-state index contributed by atoms with van der Waals surface area (Å²) in [5, 5.41) is 0. The molecule has 132 valence electrons. The number of nitrogens with zero attached hydrogens (tertiary/aromatic N) is 1. The van der Waals surface area contributed by atoms with Crippen molar-refractivity contribution < 1.29 is 9.53 Å². The fourth-order valence-corrected chi connectivity index (χ4v) is 4.10. The van der Waals surface area contributed by atoms with Crippen LogP contribution in [0.4, 0.5) is 0 Å². The molecule has 0 radical (unpaired) electrons. The number of hydrogen-bond donors (Lipinski definition) is 0. The van der Waals surface area contributed by atoms with Gasteiger partial charge in [0.1, 0.15) is 5.75 Å². The van der Waals surface area contributed by atoms with Crippen LogP contribution in [0.2, 0.25) is 0 Å². The van der Waals surface area contributed by atoms with E-state index in [4.69, 9.17) is 4.74 Å². The largest absolute Gasteiger partial charge is 0.497 e. The summed E-state index contributed by atoms with van der Waals surface area (Å²) in [5.41, 5.74) is 1.19. The fourth-order valence-electron chi connectivity index (χ4n) is 4.10. The average molecular weight is 329 g/mol. The number of rotatable bonds is 7. The lowest BCUT2D eigenvalue weighted by Gasteiger charge is -2.37. The van der Waals surface area contributed by atoms with Gasteiger partial charge >= 0.3 is 0 Å². The van der Waals surface area contributed by atoms with Crippen molar-refractivity contribution in [3.8, 4) is 5.75 Å². The van der Waals surface area contributed by atoms with E-state index in [0.29, 0.717) is 24.4 Å². The van der Waals surface area contributed by atoms with Crippen molar-refractivity contribution in [3.63, 3.8) is 0 Å². The molecule has 0 aromatic heterocycles. The van der Waals surface area contributed by atoms with Gasteiger partial charge in [0.2, 0.25) is 5.91 Å². The Morgan fingerprint density at radius 1 is 1.12 bits per heavy atom.